The molecule has 0 radical (unpaired) electrons. The van der Waals surface area contributed by atoms with Crippen LogP contribution in [-0.4, -0.2) is 36.4 Å². The van der Waals surface area contributed by atoms with E-state index >= 15 is 0 Å². The van der Waals surface area contributed by atoms with E-state index < -0.39 is 9.84 Å². The van der Waals surface area contributed by atoms with Gasteiger partial charge in [-0.05, 0) is 12.5 Å². The maximum absolute atomic E-state index is 11.2. The van der Waals surface area contributed by atoms with Gasteiger partial charge in [-0.1, -0.05) is 6.92 Å². The molecule has 84 valence electrons. The molecule has 1 aromatic heterocycles. The predicted octanol–water partition coefficient (Wildman–Crippen LogP) is 0.632. The first-order valence-electron chi connectivity index (χ1n) is 4.76. The van der Waals surface area contributed by atoms with E-state index in [0.717, 1.165) is 5.56 Å². The van der Waals surface area contributed by atoms with Crippen molar-refractivity contribution in [3.63, 3.8) is 0 Å². The summed E-state index contributed by atoms with van der Waals surface area (Å²) < 4.78 is 22.3. The Morgan fingerprint density at radius 1 is 1.33 bits per heavy atom. The van der Waals surface area contributed by atoms with Crippen LogP contribution in [0.2, 0.25) is 0 Å². The smallest absolute Gasteiger partial charge is 0.222 e. The average molecular weight is 229 g/mol. The highest BCUT2D eigenvalue weighted by atomic mass is 32.2. The van der Waals surface area contributed by atoms with Crippen molar-refractivity contribution in [2.24, 2.45) is 0 Å². The molecule has 0 atom stereocenters. The minimum absolute atomic E-state index is 0.112. The normalized spacial score (nSPS) is 11.3. The van der Waals surface area contributed by atoms with Crippen LogP contribution in [0.3, 0.4) is 0 Å². The third-order valence-electron chi connectivity index (χ3n) is 1.92. The van der Waals surface area contributed by atoms with Crippen LogP contribution in [0.1, 0.15) is 12.5 Å². The maximum atomic E-state index is 11.2. The Morgan fingerprint density at radius 2 is 1.93 bits per heavy atom. The van der Waals surface area contributed by atoms with Crippen LogP contribution >= 0.6 is 0 Å². The van der Waals surface area contributed by atoms with Gasteiger partial charge in [0.15, 0.2) is 9.84 Å². The molecule has 0 aliphatic carbocycles. The highest BCUT2D eigenvalue weighted by molar-refractivity contribution is 7.91. The zero-order chi connectivity index (χ0) is 11.3. The molecule has 15 heavy (non-hydrogen) atoms. The molecule has 0 aliphatic heterocycles. The predicted molar refractivity (Wildman–Crippen MR) is 59.6 cm³/mol. The summed E-state index contributed by atoms with van der Waals surface area (Å²) in [5.74, 6) is 0.747. The lowest BCUT2D eigenvalue weighted by Crippen LogP contribution is -2.18. The molecule has 0 amide bonds. The van der Waals surface area contributed by atoms with Gasteiger partial charge < -0.3 is 5.32 Å². The van der Waals surface area contributed by atoms with Crippen molar-refractivity contribution in [1.29, 1.82) is 0 Å². The number of hydrogen-bond acceptors (Lipinski definition) is 5. The molecular formula is C9H15N3O2S. The van der Waals surface area contributed by atoms with Gasteiger partial charge in [0.2, 0.25) is 5.95 Å². The quantitative estimate of drug-likeness (QED) is 0.802. The summed E-state index contributed by atoms with van der Waals surface area (Å²) in [6, 6.07) is 0. The van der Waals surface area contributed by atoms with Gasteiger partial charge in [-0.15, -0.1) is 0 Å². The molecule has 0 spiro atoms. The molecule has 0 saturated heterocycles. The van der Waals surface area contributed by atoms with Crippen molar-refractivity contribution in [2.45, 2.75) is 13.8 Å². The van der Waals surface area contributed by atoms with Gasteiger partial charge in [-0.2, -0.15) is 0 Å². The summed E-state index contributed by atoms with van der Waals surface area (Å²) >= 11 is 0. The molecule has 1 rings (SSSR count). The van der Waals surface area contributed by atoms with E-state index in [1.54, 1.807) is 19.3 Å². The molecule has 6 heteroatoms. The van der Waals surface area contributed by atoms with Crippen molar-refractivity contribution in [3.8, 4) is 0 Å². The van der Waals surface area contributed by atoms with Crippen LogP contribution in [0.15, 0.2) is 12.4 Å². The molecule has 0 bridgehead atoms. The van der Waals surface area contributed by atoms with Gasteiger partial charge in [0.25, 0.3) is 0 Å². The van der Waals surface area contributed by atoms with Crippen LogP contribution in [0.5, 0.6) is 0 Å². The fraction of sp³-hybridized carbons (Fsp3) is 0.556. The number of hydrogen-bond donors (Lipinski definition) is 1. The minimum Gasteiger partial charge on any atom is -0.353 e. The lowest BCUT2D eigenvalue weighted by atomic mass is 10.4. The number of aryl methyl sites for hydroxylation is 1. The van der Waals surface area contributed by atoms with E-state index in [1.807, 2.05) is 6.92 Å². The van der Waals surface area contributed by atoms with Gasteiger partial charge >= 0.3 is 0 Å². The zero-order valence-corrected chi connectivity index (χ0v) is 9.71. The van der Waals surface area contributed by atoms with E-state index in [9.17, 15) is 8.42 Å². The van der Waals surface area contributed by atoms with Gasteiger partial charge in [-0.25, -0.2) is 18.4 Å². The van der Waals surface area contributed by atoms with Crippen LogP contribution < -0.4 is 5.32 Å². The van der Waals surface area contributed by atoms with Crippen LogP contribution in [0.25, 0.3) is 0 Å². The fourth-order valence-electron chi connectivity index (χ4n) is 0.947. The minimum atomic E-state index is -2.92. The Labute approximate surface area is 89.9 Å². The zero-order valence-electron chi connectivity index (χ0n) is 8.90. The number of nitrogens with zero attached hydrogens (tertiary/aromatic N) is 2. The van der Waals surface area contributed by atoms with Crippen LogP contribution in [0, 0.1) is 6.92 Å². The summed E-state index contributed by atoms with van der Waals surface area (Å²) in [6.45, 7) is 3.88. The Hall–Kier alpha value is -1.17. The largest absolute Gasteiger partial charge is 0.353 e. The summed E-state index contributed by atoms with van der Waals surface area (Å²) in [7, 11) is -2.92. The average Bonchev–Trinajstić information content (AvgIpc) is 2.21. The lowest BCUT2D eigenvalue weighted by molar-refractivity contribution is 0.597. The molecule has 1 heterocycles. The number of anilines is 1. The topological polar surface area (TPSA) is 72.0 Å². The molecule has 0 fully saturated rings. The molecule has 1 aromatic rings. The molecule has 5 nitrogen and oxygen atoms in total. The van der Waals surface area contributed by atoms with Crippen molar-refractivity contribution in [1.82, 2.24) is 9.97 Å². The summed E-state index contributed by atoms with van der Waals surface area (Å²) in [6.07, 6.45) is 3.37. The molecule has 1 N–H and O–H groups in total. The second-order valence-electron chi connectivity index (χ2n) is 3.25. The first kappa shape index (κ1) is 11.9. The van der Waals surface area contributed by atoms with E-state index in [2.05, 4.69) is 15.3 Å². The summed E-state index contributed by atoms with van der Waals surface area (Å²) in [5, 5.41) is 2.86. The van der Waals surface area contributed by atoms with Gasteiger partial charge in [0.05, 0.1) is 5.75 Å². The molecule has 0 aliphatic rings. The first-order chi connectivity index (χ1) is 7.03. The lowest BCUT2D eigenvalue weighted by Gasteiger charge is -2.04. The van der Waals surface area contributed by atoms with Crippen molar-refractivity contribution in [2.75, 3.05) is 23.4 Å². The maximum Gasteiger partial charge on any atom is 0.222 e. The Morgan fingerprint density at radius 3 is 2.47 bits per heavy atom. The SMILES string of the molecule is CCS(=O)(=O)CCNc1ncc(C)cn1. The molecule has 0 saturated carbocycles. The number of rotatable bonds is 5. The van der Waals surface area contributed by atoms with Crippen LogP contribution in [0.4, 0.5) is 5.95 Å². The fourth-order valence-corrected chi connectivity index (χ4v) is 1.65. The van der Waals surface area contributed by atoms with Crippen molar-refractivity contribution >= 4 is 15.8 Å². The van der Waals surface area contributed by atoms with Crippen molar-refractivity contribution < 1.29 is 8.42 Å². The standard InChI is InChI=1S/C9H15N3O2S/c1-3-15(13,14)5-4-10-9-11-6-8(2)7-12-9/h6-7H,3-5H2,1-2H3,(H,10,11,12). The monoisotopic (exact) mass is 229 g/mol. The number of sulfone groups is 1. The number of aromatic nitrogens is 2. The molecular weight excluding hydrogens is 214 g/mol. The second kappa shape index (κ2) is 5.06. The Kier molecular flexibility index (Phi) is 4.02. The third kappa shape index (κ3) is 4.24. The van der Waals surface area contributed by atoms with E-state index in [4.69, 9.17) is 0 Å². The number of nitrogens with one attached hydrogen (secondary N) is 1. The van der Waals surface area contributed by atoms with Gasteiger partial charge in [0, 0.05) is 24.7 Å². The summed E-state index contributed by atoms with van der Waals surface area (Å²) in [4.78, 5) is 8.01. The molecule has 0 unspecified atom stereocenters. The van der Waals surface area contributed by atoms with Crippen LogP contribution in [-0.2, 0) is 9.84 Å². The van der Waals surface area contributed by atoms with E-state index in [0.29, 0.717) is 12.5 Å². The Bertz CT molecular complexity index is 400. The first-order valence-corrected chi connectivity index (χ1v) is 6.58. The Balaban J connectivity index is 2.42. The van der Waals surface area contributed by atoms with Gasteiger partial charge in [-0.3, -0.25) is 0 Å². The highest BCUT2D eigenvalue weighted by Crippen LogP contribution is 1.98. The van der Waals surface area contributed by atoms with Crippen molar-refractivity contribution in [3.05, 3.63) is 18.0 Å². The molecule has 0 aromatic carbocycles. The highest BCUT2D eigenvalue weighted by Gasteiger charge is 2.06. The third-order valence-corrected chi connectivity index (χ3v) is 3.62. The summed E-state index contributed by atoms with van der Waals surface area (Å²) in [5.41, 5.74) is 0.974. The van der Waals surface area contributed by atoms with E-state index in [-0.39, 0.29) is 11.5 Å². The van der Waals surface area contributed by atoms with Gasteiger partial charge in [0.1, 0.15) is 0 Å². The van der Waals surface area contributed by atoms with E-state index in [1.165, 1.54) is 0 Å². The second-order valence-corrected chi connectivity index (χ2v) is 5.72.